The first-order chi connectivity index (χ1) is 11.7. The van der Waals surface area contributed by atoms with Crippen molar-refractivity contribution >= 4 is 17.7 Å². The van der Waals surface area contributed by atoms with E-state index in [2.05, 4.69) is 40.5 Å². The molecule has 5 nitrogen and oxygen atoms in total. The van der Waals surface area contributed by atoms with Crippen molar-refractivity contribution in [3.63, 3.8) is 0 Å². The Hall–Kier alpha value is -1.82. The summed E-state index contributed by atoms with van der Waals surface area (Å²) < 4.78 is 4.94. The van der Waals surface area contributed by atoms with E-state index in [-0.39, 0.29) is 5.91 Å². The molecule has 1 atom stereocenters. The topological polar surface area (TPSA) is 59.2 Å². The number of carbonyl (C=O) groups is 1. The van der Waals surface area contributed by atoms with Crippen LogP contribution in [0.3, 0.4) is 0 Å². The standard InChI is InChI=1S/C18H23N3O2S/c1-14-19-17(20-23-14)12-24-13-18(22)21-10-5-8-16(9-11-21)15-6-3-2-4-7-15/h2-4,6-7,16H,5,8-13H2,1H3/t16-/m0/s1. The molecule has 3 rings (SSSR count). The number of thioether (sulfide) groups is 1. The van der Waals surface area contributed by atoms with E-state index in [4.69, 9.17) is 4.52 Å². The number of aromatic nitrogens is 2. The van der Waals surface area contributed by atoms with Gasteiger partial charge in [-0.1, -0.05) is 35.5 Å². The van der Waals surface area contributed by atoms with Gasteiger partial charge in [0.1, 0.15) is 0 Å². The Morgan fingerprint density at radius 3 is 2.88 bits per heavy atom. The average Bonchev–Trinajstić information content (AvgIpc) is 2.86. The van der Waals surface area contributed by atoms with Crippen LogP contribution in [0.5, 0.6) is 0 Å². The van der Waals surface area contributed by atoms with Crippen molar-refractivity contribution < 1.29 is 9.32 Å². The highest BCUT2D eigenvalue weighted by molar-refractivity contribution is 7.99. The number of carbonyl (C=O) groups excluding carboxylic acids is 1. The quantitative estimate of drug-likeness (QED) is 0.831. The zero-order valence-electron chi connectivity index (χ0n) is 14.0. The SMILES string of the molecule is Cc1nc(CSCC(=O)N2CCC[C@H](c3ccccc3)CC2)no1. The molecule has 1 amide bonds. The molecule has 1 aromatic carbocycles. The maximum Gasteiger partial charge on any atom is 0.232 e. The van der Waals surface area contributed by atoms with Gasteiger partial charge in [-0.2, -0.15) is 4.98 Å². The summed E-state index contributed by atoms with van der Waals surface area (Å²) in [6.07, 6.45) is 3.27. The van der Waals surface area contributed by atoms with Gasteiger partial charge < -0.3 is 9.42 Å². The Morgan fingerprint density at radius 2 is 2.12 bits per heavy atom. The van der Waals surface area contributed by atoms with E-state index in [9.17, 15) is 4.79 Å². The number of rotatable bonds is 5. The first-order valence-electron chi connectivity index (χ1n) is 8.42. The molecule has 0 unspecified atom stereocenters. The molecule has 0 N–H and O–H groups in total. The Kier molecular flexibility index (Phi) is 5.91. The molecule has 0 radical (unpaired) electrons. The molecule has 0 aliphatic carbocycles. The lowest BCUT2D eigenvalue weighted by Gasteiger charge is -2.20. The molecule has 24 heavy (non-hydrogen) atoms. The molecular formula is C18H23N3O2S. The van der Waals surface area contributed by atoms with Crippen LogP contribution in [0.15, 0.2) is 34.9 Å². The molecule has 1 aromatic heterocycles. The largest absolute Gasteiger partial charge is 0.342 e. The van der Waals surface area contributed by atoms with Gasteiger partial charge in [0.2, 0.25) is 11.8 Å². The second kappa shape index (κ2) is 8.33. The van der Waals surface area contributed by atoms with Crippen molar-refractivity contribution in [2.24, 2.45) is 0 Å². The van der Waals surface area contributed by atoms with Gasteiger partial charge in [0.05, 0.1) is 11.5 Å². The Balaban J connectivity index is 1.46. The predicted octanol–water partition coefficient (Wildman–Crippen LogP) is 3.41. The van der Waals surface area contributed by atoms with E-state index in [1.165, 1.54) is 5.56 Å². The molecule has 2 heterocycles. The van der Waals surface area contributed by atoms with E-state index in [1.54, 1.807) is 18.7 Å². The third-order valence-electron chi connectivity index (χ3n) is 4.38. The minimum Gasteiger partial charge on any atom is -0.342 e. The second-order valence-electron chi connectivity index (χ2n) is 6.14. The van der Waals surface area contributed by atoms with Crippen molar-refractivity contribution in [3.8, 4) is 0 Å². The van der Waals surface area contributed by atoms with E-state index in [0.717, 1.165) is 32.4 Å². The highest BCUT2D eigenvalue weighted by Crippen LogP contribution is 2.28. The van der Waals surface area contributed by atoms with Crippen LogP contribution >= 0.6 is 11.8 Å². The summed E-state index contributed by atoms with van der Waals surface area (Å²) in [5.74, 6) is 3.10. The summed E-state index contributed by atoms with van der Waals surface area (Å²) in [5, 5.41) is 3.85. The first-order valence-corrected chi connectivity index (χ1v) is 9.57. The van der Waals surface area contributed by atoms with Crippen LogP contribution in [0, 0.1) is 6.92 Å². The number of amides is 1. The zero-order chi connectivity index (χ0) is 16.8. The van der Waals surface area contributed by atoms with Crippen LogP contribution in [-0.2, 0) is 10.5 Å². The minimum atomic E-state index is 0.217. The number of benzene rings is 1. The summed E-state index contributed by atoms with van der Waals surface area (Å²) in [6, 6.07) is 10.6. The van der Waals surface area contributed by atoms with Crippen LogP contribution in [-0.4, -0.2) is 39.8 Å². The Bertz CT molecular complexity index is 659. The number of nitrogens with zero attached hydrogens (tertiary/aromatic N) is 3. The van der Waals surface area contributed by atoms with Gasteiger partial charge in [0.15, 0.2) is 5.82 Å². The third kappa shape index (κ3) is 4.60. The van der Waals surface area contributed by atoms with Gasteiger partial charge in [-0.25, -0.2) is 0 Å². The molecule has 0 bridgehead atoms. The highest BCUT2D eigenvalue weighted by atomic mass is 32.2. The maximum atomic E-state index is 12.4. The molecule has 1 saturated heterocycles. The fraction of sp³-hybridized carbons (Fsp3) is 0.500. The number of hydrogen-bond donors (Lipinski definition) is 0. The lowest BCUT2D eigenvalue weighted by molar-refractivity contribution is -0.128. The summed E-state index contributed by atoms with van der Waals surface area (Å²) in [4.78, 5) is 18.6. The maximum absolute atomic E-state index is 12.4. The van der Waals surface area contributed by atoms with Crippen molar-refractivity contribution in [2.45, 2.75) is 37.9 Å². The monoisotopic (exact) mass is 345 g/mol. The number of hydrogen-bond acceptors (Lipinski definition) is 5. The lowest BCUT2D eigenvalue weighted by Crippen LogP contribution is -2.33. The second-order valence-corrected chi connectivity index (χ2v) is 7.13. The van der Waals surface area contributed by atoms with E-state index in [1.807, 2.05) is 4.90 Å². The normalized spacial score (nSPS) is 18.4. The minimum absolute atomic E-state index is 0.217. The van der Waals surface area contributed by atoms with Crippen LogP contribution in [0.1, 0.15) is 42.5 Å². The van der Waals surface area contributed by atoms with E-state index >= 15 is 0 Å². The number of likely N-dealkylation sites (tertiary alicyclic amines) is 1. The van der Waals surface area contributed by atoms with Gasteiger partial charge in [-0.3, -0.25) is 4.79 Å². The summed E-state index contributed by atoms with van der Waals surface area (Å²) >= 11 is 1.55. The zero-order valence-corrected chi connectivity index (χ0v) is 14.8. The van der Waals surface area contributed by atoms with E-state index < -0.39 is 0 Å². The Morgan fingerprint density at radius 1 is 1.29 bits per heavy atom. The first kappa shape index (κ1) is 17.0. The Labute approximate surface area is 146 Å². The molecule has 2 aromatic rings. The summed E-state index contributed by atoms with van der Waals surface area (Å²) in [7, 11) is 0. The van der Waals surface area contributed by atoms with Gasteiger partial charge >= 0.3 is 0 Å². The molecule has 0 saturated carbocycles. The van der Waals surface area contributed by atoms with Crippen molar-refractivity contribution in [3.05, 3.63) is 47.6 Å². The van der Waals surface area contributed by atoms with Crippen LogP contribution in [0.25, 0.3) is 0 Å². The van der Waals surface area contributed by atoms with Crippen LogP contribution < -0.4 is 0 Å². The molecule has 0 spiro atoms. The van der Waals surface area contributed by atoms with Crippen LogP contribution in [0.2, 0.25) is 0 Å². The predicted molar refractivity (Wildman–Crippen MR) is 94.8 cm³/mol. The van der Waals surface area contributed by atoms with Crippen molar-refractivity contribution in [1.29, 1.82) is 0 Å². The molecule has 1 aliphatic rings. The fourth-order valence-electron chi connectivity index (χ4n) is 3.13. The summed E-state index contributed by atoms with van der Waals surface area (Å²) in [6.45, 7) is 3.48. The summed E-state index contributed by atoms with van der Waals surface area (Å²) in [5.41, 5.74) is 1.40. The lowest BCUT2D eigenvalue weighted by atomic mass is 9.92. The van der Waals surface area contributed by atoms with Crippen molar-refractivity contribution in [1.82, 2.24) is 15.0 Å². The van der Waals surface area contributed by atoms with Gasteiger partial charge in [0.25, 0.3) is 0 Å². The van der Waals surface area contributed by atoms with Gasteiger partial charge in [0, 0.05) is 20.0 Å². The fourth-order valence-corrected chi connectivity index (χ4v) is 3.88. The molecule has 1 aliphatic heterocycles. The molecular weight excluding hydrogens is 322 g/mol. The molecule has 1 fully saturated rings. The van der Waals surface area contributed by atoms with E-state index in [0.29, 0.717) is 29.1 Å². The highest BCUT2D eigenvalue weighted by Gasteiger charge is 2.21. The third-order valence-corrected chi connectivity index (χ3v) is 5.29. The van der Waals surface area contributed by atoms with Crippen molar-refractivity contribution in [2.75, 3.05) is 18.8 Å². The number of aryl methyl sites for hydroxylation is 1. The van der Waals surface area contributed by atoms with Gasteiger partial charge in [-0.05, 0) is 30.7 Å². The average molecular weight is 345 g/mol. The molecule has 6 heteroatoms. The van der Waals surface area contributed by atoms with Crippen LogP contribution in [0.4, 0.5) is 0 Å². The smallest absolute Gasteiger partial charge is 0.232 e. The van der Waals surface area contributed by atoms with Gasteiger partial charge in [-0.15, -0.1) is 11.8 Å². The molecule has 128 valence electrons.